The summed E-state index contributed by atoms with van der Waals surface area (Å²) in [5.41, 5.74) is 4.16. The molecule has 0 spiro atoms. The van der Waals surface area contributed by atoms with Crippen molar-refractivity contribution in [3.63, 3.8) is 0 Å². The Hall–Kier alpha value is -3.38. The van der Waals surface area contributed by atoms with Crippen LogP contribution in [0.3, 0.4) is 0 Å². The molecule has 3 nitrogen and oxygen atoms in total. The van der Waals surface area contributed by atoms with Crippen LogP contribution in [0.2, 0.25) is 0 Å². The average molecular weight is 313 g/mol. The predicted molar refractivity (Wildman–Crippen MR) is 92.2 cm³/mol. The van der Waals surface area contributed by atoms with Crippen molar-refractivity contribution in [1.29, 1.82) is 5.26 Å². The van der Waals surface area contributed by atoms with Crippen LogP contribution in [0, 0.1) is 11.3 Å². The number of benzene rings is 3. The van der Waals surface area contributed by atoms with E-state index >= 15 is 0 Å². The van der Waals surface area contributed by atoms with Crippen molar-refractivity contribution in [2.24, 2.45) is 0 Å². The maximum Gasteiger partial charge on any atom is 0.338 e. The van der Waals surface area contributed by atoms with Crippen molar-refractivity contribution in [3.05, 3.63) is 95.6 Å². The fraction of sp³-hybridized carbons (Fsp3) is 0.0476. The normalized spacial score (nSPS) is 9.96. The second-order valence-electron chi connectivity index (χ2n) is 5.33. The van der Waals surface area contributed by atoms with Gasteiger partial charge in [-0.15, -0.1) is 0 Å². The maximum absolute atomic E-state index is 12.0. The Morgan fingerprint density at radius 3 is 2.08 bits per heavy atom. The van der Waals surface area contributed by atoms with Gasteiger partial charge in [-0.25, -0.2) is 4.79 Å². The van der Waals surface area contributed by atoms with Gasteiger partial charge in [-0.2, -0.15) is 5.26 Å². The SMILES string of the molecule is N#Cc1ccc(C(=O)OCc2ccc(-c3ccccc3)cc2)cc1. The van der Waals surface area contributed by atoms with Crippen LogP contribution in [0.1, 0.15) is 21.5 Å². The largest absolute Gasteiger partial charge is 0.457 e. The molecule has 3 aromatic carbocycles. The minimum Gasteiger partial charge on any atom is -0.457 e. The van der Waals surface area contributed by atoms with Gasteiger partial charge in [0.25, 0.3) is 0 Å². The molecule has 0 saturated carbocycles. The molecule has 0 atom stereocenters. The number of carbonyl (C=O) groups is 1. The van der Waals surface area contributed by atoms with Crippen molar-refractivity contribution < 1.29 is 9.53 Å². The zero-order valence-corrected chi connectivity index (χ0v) is 13.0. The lowest BCUT2D eigenvalue weighted by atomic mass is 10.0. The van der Waals surface area contributed by atoms with Gasteiger partial charge >= 0.3 is 5.97 Å². The lowest BCUT2D eigenvalue weighted by molar-refractivity contribution is 0.0473. The highest BCUT2D eigenvalue weighted by Gasteiger charge is 2.07. The molecule has 0 aliphatic rings. The van der Waals surface area contributed by atoms with Crippen LogP contribution in [0.4, 0.5) is 0 Å². The van der Waals surface area contributed by atoms with Crippen LogP contribution in [-0.4, -0.2) is 5.97 Å². The fourth-order valence-corrected chi connectivity index (χ4v) is 2.34. The molecule has 0 N–H and O–H groups in total. The number of nitriles is 1. The summed E-state index contributed by atoms with van der Waals surface area (Å²) in [6.45, 7) is 0.216. The van der Waals surface area contributed by atoms with Gasteiger partial charge in [-0.1, -0.05) is 54.6 Å². The third-order valence-electron chi connectivity index (χ3n) is 3.68. The van der Waals surface area contributed by atoms with Crippen LogP contribution < -0.4 is 0 Å². The molecule has 24 heavy (non-hydrogen) atoms. The van der Waals surface area contributed by atoms with Crippen molar-refractivity contribution >= 4 is 5.97 Å². The van der Waals surface area contributed by atoms with Gasteiger partial charge in [0, 0.05) is 0 Å². The molecule has 0 fully saturated rings. The van der Waals surface area contributed by atoms with Crippen LogP contribution in [0.25, 0.3) is 11.1 Å². The fourth-order valence-electron chi connectivity index (χ4n) is 2.34. The van der Waals surface area contributed by atoms with Gasteiger partial charge in [0.2, 0.25) is 0 Å². The van der Waals surface area contributed by atoms with E-state index in [9.17, 15) is 4.79 Å². The highest BCUT2D eigenvalue weighted by Crippen LogP contribution is 2.19. The monoisotopic (exact) mass is 313 g/mol. The Labute approximate surface area is 140 Å². The molecule has 0 aromatic heterocycles. The first kappa shape index (κ1) is 15.5. The minimum atomic E-state index is -0.397. The van der Waals surface area contributed by atoms with Gasteiger partial charge in [0.05, 0.1) is 17.2 Å². The average Bonchev–Trinajstić information content (AvgIpc) is 2.67. The summed E-state index contributed by atoms with van der Waals surface area (Å²) in [6, 6.07) is 26.5. The number of hydrogen-bond acceptors (Lipinski definition) is 3. The number of carbonyl (C=O) groups excluding carboxylic acids is 1. The predicted octanol–water partition coefficient (Wildman–Crippen LogP) is 4.58. The Balaban J connectivity index is 1.62. The molecule has 0 unspecified atom stereocenters. The Morgan fingerprint density at radius 2 is 1.46 bits per heavy atom. The van der Waals surface area contributed by atoms with Crippen molar-refractivity contribution in [2.45, 2.75) is 6.61 Å². The van der Waals surface area contributed by atoms with Gasteiger partial charge in [-0.05, 0) is 41.0 Å². The van der Waals surface area contributed by atoms with Crippen molar-refractivity contribution in [1.82, 2.24) is 0 Å². The third kappa shape index (κ3) is 3.68. The molecular weight excluding hydrogens is 298 g/mol. The van der Waals surface area contributed by atoms with E-state index in [0.29, 0.717) is 11.1 Å². The summed E-state index contributed by atoms with van der Waals surface area (Å²) in [5, 5.41) is 8.76. The highest BCUT2D eigenvalue weighted by molar-refractivity contribution is 5.89. The van der Waals surface area contributed by atoms with E-state index < -0.39 is 5.97 Å². The van der Waals surface area contributed by atoms with Gasteiger partial charge < -0.3 is 4.74 Å². The van der Waals surface area contributed by atoms with E-state index in [1.807, 2.05) is 48.5 Å². The first-order valence-electron chi connectivity index (χ1n) is 7.58. The Kier molecular flexibility index (Phi) is 4.69. The molecule has 0 heterocycles. The summed E-state index contributed by atoms with van der Waals surface area (Å²) in [5.74, 6) is -0.397. The second kappa shape index (κ2) is 7.26. The lowest BCUT2D eigenvalue weighted by Crippen LogP contribution is -2.05. The van der Waals surface area contributed by atoms with Crippen LogP contribution in [0.5, 0.6) is 0 Å². The van der Waals surface area contributed by atoms with E-state index in [0.717, 1.165) is 16.7 Å². The third-order valence-corrected chi connectivity index (χ3v) is 3.68. The Morgan fingerprint density at radius 1 is 0.833 bits per heavy atom. The molecule has 3 rings (SSSR count). The molecule has 0 aliphatic carbocycles. The lowest BCUT2D eigenvalue weighted by Gasteiger charge is -2.07. The molecule has 0 saturated heterocycles. The topological polar surface area (TPSA) is 50.1 Å². The number of nitrogens with zero attached hydrogens (tertiary/aromatic N) is 1. The van der Waals surface area contributed by atoms with Crippen LogP contribution in [0.15, 0.2) is 78.9 Å². The molecule has 0 amide bonds. The van der Waals surface area contributed by atoms with E-state index in [2.05, 4.69) is 12.1 Å². The smallest absolute Gasteiger partial charge is 0.338 e. The quantitative estimate of drug-likeness (QED) is 0.662. The Bertz CT molecular complexity index is 860. The van der Waals surface area contributed by atoms with Gasteiger partial charge in [0.15, 0.2) is 0 Å². The molecule has 0 bridgehead atoms. The van der Waals surface area contributed by atoms with E-state index in [4.69, 9.17) is 10.00 Å². The standard InChI is InChI=1S/C21H15NO2/c22-14-16-6-12-20(13-7-16)21(23)24-15-17-8-10-19(11-9-17)18-4-2-1-3-5-18/h1-13H,15H2. The van der Waals surface area contributed by atoms with Gasteiger partial charge in [0.1, 0.15) is 6.61 Å². The first-order valence-corrected chi connectivity index (χ1v) is 7.58. The van der Waals surface area contributed by atoms with Crippen molar-refractivity contribution in [2.75, 3.05) is 0 Å². The molecule has 0 aliphatic heterocycles. The molecular formula is C21H15NO2. The van der Waals surface area contributed by atoms with E-state index in [1.165, 1.54) is 0 Å². The molecule has 3 heteroatoms. The summed E-state index contributed by atoms with van der Waals surface area (Å²) in [4.78, 5) is 12.0. The summed E-state index contributed by atoms with van der Waals surface area (Å²) in [6.07, 6.45) is 0. The number of esters is 1. The number of ether oxygens (including phenoxy) is 1. The summed E-state index contributed by atoms with van der Waals surface area (Å²) in [7, 11) is 0. The molecule has 3 aromatic rings. The molecule has 116 valence electrons. The van der Waals surface area contributed by atoms with E-state index in [1.54, 1.807) is 24.3 Å². The van der Waals surface area contributed by atoms with E-state index in [-0.39, 0.29) is 6.61 Å². The maximum atomic E-state index is 12.0. The zero-order chi connectivity index (χ0) is 16.8. The number of hydrogen-bond donors (Lipinski definition) is 0. The first-order chi connectivity index (χ1) is 11.8. The van der Waals surface area contributed by atoms with Crippen molar-refractivity contribution in [3.8, 4) is 17.2 Å². The van der Waals surface area contributed by atoms with Crippen LogP contribution >= 0.6 is 0 Å². The van der Waals surface area contributed by atoms with Gasteiger partial charge in [-0.3, -0.25) is 0 Å². The molecule has 0 radical (unpaired) electrons. The zero-order valence-electron chi connectivity index (χ0n) is 13.0. The summed E-state index contributed by atoms with van der Waals surface area (Å²) >= 11 is 0. The highest BCUT2D eigenvalue weighted by atomic mass is 16.5. The van der Waals surface area contributed by atoms with Crippen LogP contribution in [-0.2, 0) is 11.3 Å². The number of rotatable bonds is 4. The summed E-state index contributed by atoms with van der Waals surface area (Å²) < 4.78 is 5.31. The minimum absolute atomic E-state index is 0.216. The second-order valence-corrected chi connectivity index (χ2v) is 5.33.